The first-order chi connectivity index (χ1) is 8.77. The van der Waals surface area contributed by atoms with Gasteiger partial charge in [0.05, 0.1) is 12.7 Å². The van der Waals surface area contributed by atoms with Gasteiger partial charge >= 0.3 is 5.97 Å². The Hall–Kier alpha value is -2.02. The van der Waals surface area contributed by atoms with Gasteiger partial charge in [-0.15, -0.1) is 0 Å². The lowest BCUT2D eigenvalue weighted by Crippen LogP contribution is -2.31. The fourth-order valence-corrected chi connectivity index (χ4v) is 1.65. The first kappa shape index (κ1) is 14.0. The molecule has 0 aromatic heterocycles. The molecular formula is C14H18N2O2. The van der Waals surface area contributed by atoms with E-state index >= 15 is 0 Å². The van der Waals surface area contributed by atoms with E-state index in [1.165, 1.54) is 0 Å². The number of anilines is 1. The molecule has 0 radical (unpaired) electrons. The third-order valence-corrected chi connectivity index (χ3v) is 2.46. The summed E-state index contributed by atoms with van der Waals surface area (Å²) in [4.78, 5) is 13.5. The number of ether oxygens (including phenoxy) is 1. The number of para-hydroxylation sites is 1. The third-order valence-electron chi connectivity index (χ3n) is 2.46. The Bertz CT molecular complexity index is 398. The Kier molecular flexibility index (Phi) is 6.34. The summed E-state index contributed by atoms with van der Waals surface area (Å²) in [6.07, 6.45) is 1.23. The molecule has 0 aliphatic carbocycles. The number of hydrogen-bond acceptors (Lipinski definition) is 4. The van der Waals surface area contributed by atoms with E-state index in [-0.39, 0.29) is 12.5 Å². The quantitative estimate of drug-likeness (QED) is 0.547. The van der Waals surface area contributed by atoms with E-state index in [9.17, 15) is 4.79 Å². The third kappa shape index (κ3) is 4.88. The summed E-state index contributed by atoms with van der Waals surface area (Å²) in [6.45, 7) is 3.08. The van der Waals surface area contributed by atoms with Crippen molar-refractivity contribution in [3.8, 4) is 6.07 Å². The fraction of sp³-hybridized carbons (Fsp3) is 0.429. The number of rotatable bonds is 7. The van der Waals surface area contributed by atoms with E-state index in [1.54, 1.807) is 6.92 Å². The Morgan fingerprint density at radius 2 is 2.11 bits per heavy atom. The maximum Gasteiger partial charge on any atom is 0.325 e. The van der Waals surface area contributed by atoms with Crippen LogP contribution in [-0.4, -0.2) is 25.7 Å². The summed E-state index contributed by atoms with van der Waals surface area (Å²) in [5.41, 5.74) is 0.975. The number of nitrogens with zero attached hydrogens (tertiary/aromatic N) is 2. The normalized spacial score (nSPS) is 9.56. The minimum Gasteiger partial charge on any atom is -0.465 e. The summed E-state index contributed by atoms with van der Waals surface area (Å²) in [5, 5.41) is 8.56. The Morgan fingerprint density at radius 1 is 1.39 bits per heavy atom. The fourth-order valence-electron chi connectivity index (χ4n) is 1.65. The van der Waals surface area contributed by atoms with Crippen molar-refractivity contribution in [2.75, 3.05) is 24.6 Å². The van der Waals surface area contributed by atoms with E-state index in [0.717, 1.165) is 12.1 Å². The first-order valence-electron chi connectivity index (χ1n) is 6.10. The minimum atomic E-state index is -0.238. The van der Waals surface area contributed by atoms with Crippen LogP contribution in [0.1, 0.15) is 19.8 Å². The summed E-state index contributed by atoms with van der Waals surface area (Å²) in [7, 11) is 0. The molecule has 0 amide bonds. The van der Waals surface area contributed by atoms with Crippen LogP contribution in [0.3, 0.4) is 0 Å². The average molecular weight is 246 g/mol. The number of benzene rings is 1. The zero-order chi connectivity index (χ0) is 13.2. The molecule has 0 saturated heterocycles. The number of hydrogen-bond donors (Lipinski definition) is 0. The maximum atomic E-state index is 11.5. The van der Waals surface area contributed by atoms with E-state index in [4.69, 9.17) is 10.00 Å². The van der Waals surface area contributed by atoms with Gasteiger partial charge in [-0.3, -0.25) is 4.79 Å². The summed E-state index contributed by atoms with van der Waals surface area (Å²) in [6, 6.07) is 11.8. The molecule has 0 saturated carbocycles. The van der Waals surface area contributed by atoms with Gasteiger partial charge in [-0.25, -0.2) is 0 Å². The van der Waals surface area contributed by atoms with Crippen LogP contribution in [0.25, 0.3) is 0 Å². The second kappa shape index (κ2) is 8.13. The van der Waals surface area contributed by atoms with Crippen molar-refractivity contribution < 1.29 is 9.53 Å². The highest BCUT2D eigenvalue weighted by atomic mass is 16.5. The van der Waals surface area contributed by atoms with Crippen LogP contribution in [0.4, 0.5) is 5.69 Å². The number of esters is 1. The van der Waals surface area contributed by atoms with Crippen molar-refractivity contribution >= 4 is 11.7 Å². The van der Waals surface area contributed by atoms with Gasteiger partial charge in [-0.2, -0.15) is 5.26 Å². The smallest absolute Gasteiger partial charge is 0.325 e. The molecule has 0 heterocycles. The molecule has 0 atom stereocenters. The second-order valence-corrected chi connectivity index (χ2v) is 3.82. The van der Waals surface area contributed by atoms with E-state index in [1.807, 2.05) is 35.2 Å². The summed E-state index contributed by atoms with van der Waals surface area (Å²) in [5.74, 6) is -0.238. The Labute approximate surface area is 108 Å². The van der Waals surface area contributed by atoms with E-state index in [0.29, 0.717) is 19.6 Å². The van der Waals surface area contributed by atoms with Crippen molar-refractivity contribution in [2.24, 2.45) is 0 Å². The lowest BCUT2D eigenvalue weighted by Gasteiger charge is -2.23. The first-order valence-corrected chi connectivity index (χ1v) is 6.10. The lowest BCUT2D eigenvalue weighted by molar-refractivity contribution is -0.141. The molecule has 96 valence electrons. The topological polar surface area (TPSA) is 53.3 Å². The predicted octanol–water partition coefficient (Wildman–Crippen LogP) is 2.36. The number of carbonyl (C=O) groups excluding carboxylic acids is 1. The monoisotopic (exact) mass is 246 g/mol. The van der Waals surface area contributed by atoms with E-state index in [2.05, 4.69) is 6.07 Å². The van der Waals surface area contributed by atoms with Crippen LogP contribution in [0.5, 0.6) is 0 Å². The van der Waals surface area contributed by atoms with Crippen molar-refractivity contribution in [1.29, 1.82) is 5.26 Å². The zero-order valence-electron chi connectivity index (χ0n) is 10.6. The van der Waals surface area contributed by atoms with Crippen molar-refractivity contribution in [3.63, 3.8) is 0 Å². The van der Waals surface area contributed by atoms with Gasteiger partial charge in [-0.05, 0) is 25.5 Å². The SMILES string of the molecule is CCOC(=O)CN(CCCC#N)c1ccccc1. The van der Waals surface area contributed by atoms with Crippen LogP contribution < -0.4 is 4.90 Å². The van der Waals surface area contributed by atoms with Gasteiger partial charge in [0, 0.05) is 18.7 Å². The van der Waals surface area contributed by atoms with Gasteiger partial charge in [0.1, 0.15) is 6.54 Å². The van der Waals surface area contributed by atoms with Crippen LogP contribution in [-0.2, 0) is 9.53 Å². The van der Waals surface area contributed by atoms with Crippen LogP contribution >= 0.6 is 0 Å². The molecule has 0 fully saturated rings. The standard InChI is InChI=1S/C14H18N2O2/c1-2-18-14(17)12-16(11-7-6-10-15)13-8-4-3-5-9-13/h3-5,8-9H,2,6-7,11-12H2,1H3. The molecular weight excluding hydrogens is 228 g/mol. The molecule has 18 heavy (non-hydrogen) atoms. The molecule has 0 unspecified atom stereocenters. The Morgan fingerprint density at radius 3 is 2.72 bits per heavy atom. The molecule has 0 N–H and O–H groups in total. The highest BCUT2D eigenvalue weighted by Crippen LogP contribution is 2.13. The largest absolute Gasteiger partial charge is 0.465 e. The van der Waals surface area contributed by atoms with Gasteiger partial charge in [0.15, 0.2) is 0 Å². The number of unbranched alkanes of at least 4 members (excludes halogenated alkanes) is 1. The predicted molar refractivity (Wildman–Crippen MR) is 70.1 cm³/mol. The minimum absolute atomic E-state index is 0.225. The van der Waals surface area contributed by atoms with Crippen molar-refractivity contribution in [3.05, 3.63) is 30.3 Å². The van der Waals surface area contributed by atoms with Gasteiger partial charge in [0.2, 0.25) is 0 Å². The molecule has 4 nitrogen and oxygen atoms in total. The van der Waals surface area contributed by atoms with Crippen LogP contribution in [0.15, 0.2) is 30.3 Å². The molecule has 0 aliphatic heterocycles. The molecule has 0 spiro atoms. The average Bonchev–Trinajstić information content (AvgIpc) is 2.39. The molecule has 1 aromatic carbocycles. The van der Waals surface area contributed by atoms with E-state index < -0.39 is 0 Å². The van der Waals surface area contributed by atoms with Crippen LogP contribution in [0.2, 0.25) is 0 Å². The molecule has 4 heteroatoms. The Balaban J connectivity index is 2.63. The highest BCUT2D eigenvalue weighted by molar-refractivity contribution is 5.75. The van der Waals surface area contributed by atoms with Gasteiger partial charge in [-0.1, -0.05) is 18.2 Å². The van der Waals surface area contributed by atoms with Crippen molar-refractivity contribution in [1.82, 2.24) is 0 Å². The summed E-state index contributed by atoms with van der Waals surface area (Å²) < 4.78 is 4.95. The lowest BCUT2D eigenvalue weighted by atomic mass is 10.2. The number of nitriles is 1. The molecule has 1 aromatic rings. The van der Waals surface area contributed by atoms with Crippen molar-refractivity contribution in [2.45, 2.75) is 19.8 Å². The molecule has 0 aliphatic rings. The molecule has 0 bridgehead atoms. The van der Waals surface area contributed by atoms with Gasteiger partial charge in [0.25, 0.3) is 0 Å². The zero-order valence-corrected chi connectivity index (χ0v) is 10.6. The summed E-state index contributed by atoms with van der Waals surface area (Å²) >= 11 is 0. The van der Waals surface area contributed by atoms with Gasteiger partial charge < -0.3 is 9.64 Å². The van der Waals surface area contributed by atoms with Crippen LogP contribution in [0, 0.1) is 11.3 Å². The number of carbonyl (C=O) groups is 1. The maximum absolute atomic E-state index is 11.5. The second-order valence-electron chi connectivity index (χ2n) is 3.82. The molecule has 1 rings (SSSR count). The highest BCUT2D eigenvalue weighted by Gasteiger charge is 2.11.